The molecule has 2 amide bonds. The summed E-state index contributed by atoms with van der Waals surface area (Å²) >= 11 is 0. The lowest BCUT2D eigenvalue weighted by Crippen LogP contribution is -2.57. The number of carbonyl (C=O) groups excluding carboxylic acids is 3. The van der Waals surface area contributed by atoms with Gasteiger partial charge in [-0.1, -0.05) is 20.8 Å². The lowest BCUT2D eigenvalue weighted by atomic mass is 9.85. The maximum Gasteiger partial charge on any atom is 0.408 e. The summed E-state index contributed by atoms with van der Waals surface area (Å²) in [6.07, 6.45) is 0.861. The summed E-state index contributed by atoms with van der Waals surface area (Å²) in [5, 5.41) is 3.34. The second kappa shape index (κ2) is 11.8. The second-order valence-corrected chi connectivity index (χ2v) is 12.8. The molecular formula is C30H42N4O8. The number of esters is 1. The van der Waals surface area contributed by atoms with Crippen LogP contribution in [-0.4, -0.2) is 84.5 Å². The molecule has 0 unspecified atom stereocenters. The minimum Gasteiger partial charge on any atom is -0.493 e. The summed E-state index contributed by atoms with van der Waals surface area (Å²) < 4.78 is 27.9. The van der Waals surface area contributed by atoms with Crippen LogP contribution in [0, 0.1) is 5.41 Å². The van der Waals surface area contributed by atoms with Crippen LogP contribution in [0.5, 0.6) is 17.4 Å². The van der Waals surface area contributed by atoms with Gasteiger partial charge >= 0.3 is 12.1 Å². The number of ether oxygens (including phenoxy) is 5. The summed E-state index contributed by atoms with van der Waals surface area (Å²) in [5.41, 5.74) is -0.793. The summed E-state index contributed by atoms with van der Waals surface area (Å²) in [5.74, 6) is 1.28. The van der Waals surface area contributed by atoms with Crippen LogP contribution < -0.4 is 19.5 Å². The van der Waals surface area contributed by atoms with Gasteiger partial charge in [0.25, 0.3) is 0 Å². The van der Waals surface area contributed by atoms with E-state index in [2.05, 4.69) is 5.32 Å². The van der Waals surface area contributed by atoms with Crippen molar-refractivity contribution >= 4 is 28.9 Å². The highest BCUT2D eigenvalue weighted by Gasteiger charge is 2.47. The number of alkyl carbamates (subject to hydrolysis) is 1. The van der Waals surface area contributed by atoms with Gasteiger partial charge in [-0.3, -0.25) is 4.79 Å². The van der Waals surface area contributed by atoms with E-state index in [-0.39, 0.29) is 18.9 Å². The SMILES string of the molecule is COC(=O)[C@@H]1C[C@@H](Oc2nc(C3CC3)nc3cc(OC)c(OC)cc23)CN1C(=O)[C@@H](NC(=O)OC(C)(C)C)C(C)(C)C. The lowest BCUT2D eigenvalue weighted by molar-refractivity contribution is -0.152. The zero-order chi connectivity index (χ0) is 31.0. The molecule has 42 heavy (non-hydrogen) atoms. The van der Waals surface area contributed by atoms with Crippen molar-refractivity contribution in [1.29, 1.82) is 0 Å². The van der Waals surface area contributed by atoms with Crippen molar-refractivity contribution in [2.24, 2.45) is 5.41 Å². The largest absolute Gasteiger partial charge is 0.493 e. The molecule has 1 aliphatic carbocycles. The lowest BCUT2D eigenvalue weighted by Gasteiger charge is -2.35. The van der Waals surface area contributed by atoms with Gasteiger partial charge in [0.1, 0.15) is 29.6 Å². The Balaban J connectivity index is 1.65. The maximum atomic E-state index is 14.0. The Morgan fingerprint density at radius 2 is 1.62 bits per heavy atom. The molecule has 4 rings (SSSR count). The number of rotatable bonds is 8. The van der Waals surface area contributed by atoms with Gasteiger partial charge in [-0.2, -0.15) is 4.98 Å². The first-order chi connectivity index (χ1) is 19.6. The van der Waals surface area contributed by atoms with E-state index in [1.807, 2.05) is 20.8 Å². The Kier molecular flexibility index (Phi) is 8.75. The first-order valence-electron chi connectivity index (χ1n) is 14.1. The van der Waals surface area contributed by atoms with E-state index >= 15 is 0 Å². The second-order valence-electron chi connectivity index (χ2n) is 12.8. The highest BCUT2D eigenvalue weighted by atomic mass is 16.6. The molecule has 2 heterocycles. The standard InChI is InChI=1S/C30H42N4O8/c1-29(2,3)23(32-28(37)42-30(4,5)6)26(35)34-15-17(12-20(34)27(36)40-9)41-25-18-13-21(38-7)22(39-8)14-19(18)31-24(33-25)16-10-11-16/h13-14,16-17,20,23H,10-12,15H2,1-9H3,(H,32,37)/t17-,20+,23-/m1/s1. The zero-order valence-corrected chi connectivity index (χ0v) is 25.9. The number of fused-ring (bicyclic) bond motifs is 1. The van der Waals surface area contributed by atoms with Gasteiger partial charge in [0.05, 0.1) is 38.8 Å². The summed E-state index contributed by atoms with van der Waals surface area (Å²) in [7, 11) is 4.38. The van der Waals surface area contributed by atoms with Crippen molar-refractivity contribution in [2.75, 3.05) is 27.9 Å². The first-order valence-corrected chi connectivity index (χ1v) is 14.1. The third-order valence-electron chi connectivity index (χ3n) is 7.20. The molecule has 1 aromatic heterocycles. The fourth-order valence-electron chi connectivity index (χ4n) is 4.94. The van der Waals surface area contributed by atoms with E-state index in [1.165, 1.54) is 12.0 Å². The molecule has 0 spiro atoms. The number of hydrogen-bond donors (Lipinski definition) is 1. The number of hydrogen-bond acceptors (Lipinski definition) is 10. The molecule has 2 fully saturated rings. The summed E-state index contributed by atoms with van der Waals surface area (Å²) in [6, 6.07) is 1.66. The van der Waals surface area contributed by atoms with Crippen molar-refractivity contribution in [3.8, 4) is 17.4 Å². The van der Waals surface area contributed by atoms with E-state index in [9.17, 15) is 14.4 Å². The van der Waals surface area contributed by atoms with Crippen LogP contribution in [0.4, 0.5) is 4.79 Å². The molecule has 0 bridgehead atoms. The monoisotopic (exact) mass is 586 g/mol. The van der Waals surface area contributed by atoms with E-state index in [1.54, 1.807) is 47.1 Å². The van der Waals surface area contributed by atoms with Gasteiger partial charge in [0, 0.05) is 18.4 Å². The average molecular weight is 587 g/mol. The van der Waals surface area contributed by atoms with E-state index in [0.717, 1.165) is 12.8 Å². The Morgan fingerprint density at radius 3 is 2.17 bits per heavy atom. The third-order valence-corrected chi connectivity index (χ3v) is 7.20. The highest BCUT2D eigenvalue weighted by molar-refractivity contribution is 5.91. The van der Waals surface area contributed by atoms with Gasteiger partial charge < -0.3 is 33.9 Å². The quantitative estimate of drug-likeness (QED) is 0.452. The van der Waals surface area contributed by atoms with E-state index in [4.69, 9.17) is 33.7 Å². The molecule has 0 radical (unpaired) electrons. The van der Waals surface area contributed by atoms with Gasteiger partial charge in [-0.25, -0.2) is 14.6 Å². The van der Waals surface area contributed by atoms with Crippen molar-refractivity contribution in [3.05, 3.63) is 18.0 Å². The van der Waals surface area contributed by atoms with Gasteiger partial charge in [0.2, 0.25) is 11.8 Å². The number of aromatic nitrogens is 2. The van der Waals surface area contributed by atoms with Gasteiger partial charge in [-0.15, -0.1) is 0 Å². The number of likely N-dealkylation sites (tertiary alicyclic amines) is 1. The van der Waals surface area contributed by atoms with Crippen LogP contribution in [0.2, 0.25) is 0 Å². The summed E-state index contributed by atoms with van der Waals surface area (Å²) in [4.78, 5) is 50.4. The predicted molar refractivity (Wildman–Crippen MR) is 154 cm³/mol. The van der Waals surface area contributed by atoms with Gasteiger partial charge in [0.15, 0.2) is 11.5 Å². The minimum atomic E-state index is -0.976. The number of nitrogens with zero attached hydrogens (tertiary/aromatic N) is 3. The smallest absolute Gasteiger partial charge is 0.408 e. The fraction of sp³-hybridized carbons (Fsp3) is 0.633. The molecule has 2 aromatic rings. The molecule has 230 valence electrons. The molecule has 12 heteroatoms. The van der Waals surface area contributed by atoms with Crippen LogP contribution in [0.3, 0.4) is 0 Å². The van der Waals surface area contributed by atoms with Crippen LogP contribution >= 0.6 is 0 Å². The van der Waals surface area contributed by atoms with Crippen molar-refractivity contribution in [2.45, 2.75) is 90.5 Å². The molecule has 1 saturated heterocycles. The zero-order valence-electron chi connectivity index (χ0n) is 25.9. The molecule has 1 saturated carbocycles. The molecule has 2 aliphatic rings. The fourth-order valence-corrected chi connectivity index (χ4v) is 4.94. The normalized spacial score (nSPS) is 19.7. The maximum absolute atomic E-state index is 14.0. The molecular weight excluding hydrogens is 544 g/mol. The average Bonchev–Trinajstić information content (AvgIpc) is 3.68. The highest BCUT2D eigenvalue weighted by Crippen LogP contribution is 2.42. The minimum absolute atomic E-state index is 0.0821. The van der Waals surface area contributed by atoms with Crippen LogP contribution in [0.25, 0.3) is 10.9 Å². The predicted octanol–water partition coefficient (Wildman–Crippen LogP) is 3.99. The van der Waals surface area contributed by atoms with Crippen molar-refractivity contribution < 1.29 is 38.1 Å². The summed E-state index contributed by atoms with van der Waals surface area (Å²) in [6.45, 7) is 10.8. The van der Waals surface area contributed by atoms with Crippen LogP contribution in [0.15, 0.2) is 12.1 Å². The Morgan fingerprint density at radius 1 is 0.976 bits per heavy atom. The van der Waals surface area contributed by atoms with Crippen molar-refractivity contribution in [1.82, 2.24) is 20.2 Å². The Hall–Kier alpha value is -3.83. The van der Waals surface area contributed by atoms with E-state index < -0.39 is 47.2 Å². The number of methoxy groups -OCH3 is 3. The van der Waals surface area contributed by atoms with Crippen molar-refractivity contribution in [3.63, 3.8) is 0 Å². The molecule has 3 atom stereocenters. The Labute approximate surface area is 246 Å². The number of nitrogens with one attached hydrogen (secondary N) is 1. The third kappa shape index (κ3) is 6.96. The van der Waals surface area contributed by atoms with E-state index in [0.29, 0.717) is 34.1 Å². The molecule has 1 aliphatic heterocycles. The van der Waals surface area contributed by atoms with Crippen LogP contribution in [-0.2, 0) is 19.1 Å². The number of carbonyl (C=O) groups is 3. The molecule has 12 nitrogen and oxygen atoms in total. The molecule has 1 N–H and O–H groups in total. The molecule has 1 aromatic carbocycles. The van der Waals surface area contributed by atoms with Crippen LogP contribution in [0.1, 0.15) is 72.5 Å². The Bertz CT molecular complexity index is 1350. The number of amides is 2. The number of benzene rings is 1. The first kappa shape index (κ1) is 31.1. The van der Waals surface area contributed by atoms with Gasteiger partial charge in [-0.05, 0) is 45.1 Å². The topological polar surface area (TPSA) is 138 Å².